The van der Waals surface area contributed by atoms with Gasteiger partial charge in [0.05, 0.1) is 38.5 Å². The second-order valence-corrected chi connectivity index (χ2v) is 16.2. The molecule has 0 saturated heterocycles. The first-order chi connectivity index (χ1) is 15.4. The van der Waals surface area contributed by atoms with Crippen LogP contribution in [0.4, 0.5) is 10.6 Å². The molecule has 1 unspecified atom stereocenters. The highest BCUT2D eigenvalue weighted by Crippen LogP contribution is 2.43. The third kappa shape index (κ3) is 4.43. The lowest BCUT2D eigenvalue weighted by Crippen LogP contribution is -2.48. The predicted octanol–water partition coefficient (Wildman–Crippen LogP) is 4.35. The Balaban J connectivity index is 1.79. The maximum atomic E-state index is 13.2. The first-order valence-electron chi connectivity index (χ1n) is 11.5. The number of hydrogen-bond donors (Lipinski definition) is 4. The zero-order valence-electron chi connectivity index (χ0n) is 20.7. The third-order valence-electron chi connectivity index (χ3n) is 7.77. The monoisotopic (exact) mass is 471 g/mol. The normalized spacial score (nSPS) is 16.3. The van der Waals surface area contributed by atoms with Crippen molar-refractivity contribution in [3.05, 3.63) is 47.2 Å². The molecule has 1 aliphatic rings. The Hall–Kier alpha value is -2.65. The average Bonchev–Trinajstić information content (AvgIpc) is 3.30. The molecule has 1 aliphatic heterocycles. The largest absolute Gasteiger partial charge is 0.394 e. The van der Waals surface area contributed by atoms with Crippen LogP contribution in [0, 0.1) is 0 Å². The number of aliphatic hydroxyl groups excluding tert-OH is 1. The molecule has 3 rings (SSSR count). The van der Waals surface area contributed by atoms with Crippen LogP contribution in [-0.2, 0) is 16.9 Å². The van der Waals surface area contributed by atoms with Gasteiger partial charge >= 0.3 is 6.03 Å². The van der Waals surface area contributed by atoms with E-state index in [4.69, 9.17) is 0 Å². The SMILES string of the molecule is CC[Si](C)(C)C(C)(C)C(=O)Nc1n[nH]c2c1CN(C(=O)NC(CO)c1ccccc1)C2(C)C. The number of aromatic nitrogens is 2. The van der Waals surface area contributed by atoms with Gasteiger partial charge in [-0.3, -0.25) is 9.89 Å². The maximum Gasteiger partial charge on any atom is 0.319 e. The van der Waals surface area contributed by atoms with Crippen LogP contribution in [0.15, 0.2) is 30.3 Å². The van der Waals surface area contributed by atoms with E-state index in [1.807, 2.05) is 58.0 Å². The van der Waals surface area contributed by atoms with Crippen LogP contribution in [0.3, 0.4) is 0 Å². The molecular weight excluding hydrogens is 434 g/mol. The summed E-state index contributed by atoms with van der Waals surface area (Å²) in [5, 5.41) is 22.8. The summed E-state index contributed by atoms with van der Waals surface area (Å²) >= 11 is 0. The second kappa shape index (κ2) is 8.94. The minimum Gasteiger partial charge on any atom is -0.394 e. The molecule has 0 bridgehead atoms. The quantitative estimate of drug-likeness (QED) is 0.450. The Kier molecular flexibility index (Phi) is 6.77. The van der Waals surface area contributed by atoms with E-state index in [0.717, 1.165) is 22.9 Å². The van der Waals surface area contributed by atoms with Gasteiger partial charge < -0.3 is 20.6 Å². The Morgan fingerprint density at radius 3 is 2.48 bits per heavy atom. The number of amides is 3. The summed E-state index contributed by atoms with van der Waals surface area (Å²) in [5.74, 6) is 0.439. The van der Waals surface area contributed by atoms with Crippen molar-refractivity contribution in [2.75, 3.05) is 11.9 Å². The molecule has 0 spiro atoms. The molecule has 0 aliphatic carbocycles. The molecule has 0 saturated carbocycles. The molecule has 1 atom stereocenters. The molecule has 180 valence electrons. The van der Waals surface area contributed by atoms with Crippen molar-refractivity contribution in [3.63, 3.8) is 0 Å². The summed E-state index contributed by atoms with van der Waals surface area (Å²) in [6.07, 6.45) is 0. The number of benzene rings is 1. The molecule has 2 aromatic rings. The van der Waals surface area contributed by atoms with Gasteiger partial charge in [0.2, 0.25) is 5.91 Å². The summed E-state index contributed by atoms with van der Waals surface area (Å²) in [6, 6.07) is 9.60. The van der Waals surface area contributed by atoms with Crippen LogP contribution in [0.1, 0.15) is 57.5 Å². The van der Waals surface area contributed by atoms with Gasteiger partial charge in [0, 0.05) is 10.6 Å². The number of H-pyrrole nitrogens is 1. The van der Waals surface area contributed by atoms with Crippen LogP contribution < -0.4 is 10.6 Å². The number of hydrogen-bond acceptors (Lipinski definition) is 4. The van der Waals surface area contributed by atoms with E-state index in [1.165, 1.54) is 0 Å². The maximum absolute atomic E-state index is 13.2. The summed E-state index contributed by atoms with van der Waals surface area (Å²) in [6.45, 7) is 14.6. The molecule has 2 heterocycles. The summed E-state index contributed by atoms with van der Waals surface area (Å²) < 4.78 is 0. The molecule has 33 heavy (non-hydrogen) atoms. The van der Waals surface area contributed by atoms with Crippen molar-refractivity contribution < 1.29 is 14.7 Å². The van der Waals surface area contributed by atoms with Gasteiger partial charge in [0.1, 0.15) is 0 Å². The highest BCUT2D eigenvalue weighted by atomic mass is 28.3. The van der Waals surface area contributed by atoms with Crippen molar-refractivity contribution in [1.82, 2.24) is 20.4 Å². The minimum atomic E-state index is -1.79. The van der Waals surface area contributed by atoms with Gasteiger partial charge in [0.25, 0.3) is 0 Å². The van der Waals surface area contributed by atoms with Gasteiger partial charge in [-0.25, -0.2) is 4.79 Å². The first-order valence-corrected chi connectivity index (χ1v) is 14.7. The second-order valence-electron chi connectivity index (χ2n) is 10.5. The van der Waals surface area contributed by atoms with Crippen LogP contribution in [0.2, 0.25) is 24.2 Å². The number of fused-ring (bicyclic) bond motifs is 1. The molecule has 0 fully saturated rings. The summed E-state index contributed by atoms with van der Waals surface area (Å²) in [4.78, 5) is 28.1. The Labute approximate surface area is 197 Å². The van der Waals surface area contributed by atoms with E-state index < -0.39 is 24.7 Å². The number of carbonyl (C=O) groups is 2. The lowest BCUT2D eigenvalue weighted by Gasteiger charge is -2.37. The number of urea groups is 1. The van der Waals surface area contributed by atoms with Crippen molar-refractivity contribution in [2.24, 2.45) is 0 Å². The predicted molar refractivity (Wildman–Crippen MR) is 133 cm³/mol. The number of carbonyl (C=O) groups excluding carboxylic acids is 2. The third-order valence-corrected chi connectivity index (χ3v) is 13.2. The van der Waals surface area contributed by atoms with Crippen molar-refractivity contribution in [1.29, 1.82) is 0 Å². The van der Waals surface area contributed by atoms with Crippen LogP contribution in [0.25, 0.3) is 0 Å². The Morgan fingerprint density at radius 2 is 1.91 bits per heavy atom. The topological polar surface area (TPSA) is 110 Å². The fourth-order valence-corrected chi connectivity index (χ4v) is 5.67. The van der Waals surface area contributed by atoms with Crippen LogP contribution >= 0.6 is 0 Å². The molecule has 1 aromatic heterocycles. The lowest BCUT2D eigenvalue weighted by molar-refractivity contribution is -0.118. The van der Waals surface area contributed by atoms with Gasteiger partial charge in [-0.05, 0) is 19.4 Å². The smallest absolute Gasteiger partial charge is 0.319 e. The standard InChI is InChI=1S/C24H37N5O3Si/c1-8-33(6,7)24(4,5)21(31)26-20-17-14-29(23(2,3)19(17)27-28-20)22(32)25-18(15-30)16-12-10-9-11-13-16/h9-13,18,30H,8,14-15H2,1-7H3,(H,25,32)(H2,26,27,28,31). The number of rotatable bonds is 7. The molecular formula is C24H37N5O3Si. The van der Waals surface area contributed by atoms with E-state index >= 15 is 0 Å². The van der Waals surface area contributed by atoms with Crippen molar-refractivity contribution in [2.45, 2.75) is 76.9 Å². The summed E-state index contributed by atoms with van der Waals surface area (Å²) in [7, 11) is -1.79. The molecule has 8 nitrogen and oxygen atoms in total. The van der Waals surface area contributed by atoms with E-state index in [0.29, 0.717) is 12.4 Å². The Morgan fingerprint density at radius 1 is 1.27 bits per heavy atom. The molecule has 3 amide bonds. The van der Waals surface area contributed by atoms with E-state index in [-0.39, 0.29) is 18.5 Å². The average molecular weight is 472 g/mol. The van der Waals surface area contributed by atoms with Gasteiger partial charge in [-0.1, -0.05) is 70.2 Å². The van der Waals surface area contributed by atoms with Crippen LogP contribution in [-0.4, -0.2) is 46.8 Å². The van der Waals surface area contributed by atoms with E-state index in [1.54, 1.807) is 4.90 Å². The number of anilines is 1. The van der Waals surface area contributed by atoms with E-state index in [9.17, 15) is 14.7 Å². The zero-order valence-corrected chi connectivity index (χ0v) is 21.7. The van der Waals surface area contributed by atoms with Gasteiger partial charge in [-0.15, -0.1) is 0 Å². The Bertz CT molecular complexity index is 1020. The fourth-order valence-electron chi connectivity index (χ4n) is 4.10. The number of nitrogens with one attached hydrogen (secondary N) is 3. The molecule has 1 aromatic carbocycles. The zero-order chi connectivity index (χ0) is 24.6. The van der Waals surface area contributed by atoms with Crippen molar-refractivity contribution in [3.8, 4) is 0 Å². The van der Waals surface area contributed by atoms with Gasteiger partial charge in [0.15, 0.2) is 5.82 Å². The minimum absolute atomic E-state index is 0.0413. The molecule has 4 N–H and O–H groups in total. The highest BCUT2D eigenvalue weighted by molar-refractivity contribution is 6.83. The first kappa shape index (κ1) is 25.0. The number of nitrogens with zero attached hydrogens (tertiary/aromatic N) is 2. The van der Waals surface area contributed by atoms with E-state index in [2.05, 4.69) is 40.8 Å². The number of aliphatic hydroxyl groups is 1. The van der Waals surface area contributed by atoms with Crippen molar-refractivity contribution >= 4 is 25.8 Å². The number of aromatic amines is 1. The highest BCUT2D eigenvalue weighted by Gasteiger charge is 2.46. The lowest BCUT2D eigenvalue weighted by atomic mass is 10.0. The molecule has 0 radical (unpaired) electrons. The summed E-state index contributed by atoms with van der Waals surface area (Å²) in [5.41, 5.74) is 1.80. The fraction of sp³-hybridized carbons (Fsp3) is 0.542. The van der Waals surface area contributed by atoms with Gasteiger partial charge in [-0.2, -0.15) is 5.10 Å². The molecule has 9 heteroatoms. The van der Waals surface area contributed by atoms with Crippen LogP contribution in [0.5, 0.6) is 0 Å².